The van der Waals surface area contributed by atoms with Gasteiger partial charge in [0.05, 0.1) is 11.7 Å². The molecule has 0 aliphatic carbocycles. The number of ether oxygens (including phenoxy) is 1. The van der Waals surface area contributed by atoms with Crippen LogP contribution in [-0.4, -0.2) is 8.75 Å². The van der Waals surface area contributed by atoms with Crippen molar-refractivity contribution in [2.24, 2.45) is 0 Å². The highest BCUT2D eigenvalue weighted by molar-refractivity contribution is 6.99. The average molecular weight is 220 g/mol. The topological polar surface area (TPSA) is 35.0 Å². The third kappa shape index (κ3) is 2.76. The van der Waals surface area contributed by atoms with Gasteiger partial charge in [-0.1, -0.05) is 31.2 Å². The molecule has 0 saturated carbocycles. The molecule has 0 atom stereocenters. The third-order valence-electron chi connectivity index (χ3n) is 2.16. The molecular weight excluding hydrogens is 208 g/mol. The van der Waals surface area contributed by atoms with Crippen molar-refractivity contribution in [3.8, 4) is 5.88 Å². The normalized spacial score (nSPS) is 10.2. The van der Waals surface area contributed by atoms with Gasteiger partial charge in [0.15, 0.2) is 0 Å². The lowest BCUT2D eigenvalue weighted by Gasteiger charge is -2.03. The Hall–Kier alpha value is -1.42. The minimum absolute atomic E-state index is 0.551. The second-order valence-corrected chi connectivity index (χ2v) is 3.76. The largest absolute Gasteiger partial charge is 0.471 e. The van der Waals surface area contributed by atoms with Crippen LogP contribution in [0.3, 0.4) is 0 Å². The molecule has 78 valence electrons. The Labute approximate surface area is 93.1 Å². The van der Waals surface area contributed by atoms with E-state index >= 15 is 0 Å². The molecule has 0 bridgehead atoms. The molecule has 2 aromatic rings. The fourth-order valence-electron chi connectivity index (χ4n) is 1.25. The molecule has 2 rings (SSSR count). The molecule has 0 radical (unpaired) electrons. The van der Waals surface area contributed by atoms with Crippen molar-refractivity contribution >= 4 is 11.7 Å². The molecular formula is C11H12N2OS. The van der Waals surface area contributed by atoms with Gasteiger partial charge in [-0.25, -0.2) is 0 Å². The number of hydrogen-bond donors (Lipinski definition) is 0. The van der Waals surface area contributed by atoms with E-state index in [0.717, 1.165) is 23.7 Å². The van der Waals surface area contributed by atoms with Gasteiger partial charge in [0.25, 0.3) is 0 Å². The van der Waals surface area contributed by atoms with Crippen LogP contribution >= 0.6 is 11.7 Å². The SMILES string of the molecule is CCc1ccc(COc2cnsn2)cc1. The number of nitrogens with zero attached hydrogens (tertiary/aromatic N) is 2. The molecule has 0 N–H and O–H groups in total. The highest BCUT2D eigenvalue weighted by Gasteiger charge is 1.98. The van der Waals surface area contributed by atoms with Crippen LogP contribution in [0.25, 0.3) is 0 Å². The molecule has 1 aromatic heterocycles. The zero-order valence-corrected chi connectivity index (χ0v) is 9.33. The van der Waals surface area contributed by atoms with Crippen LogP contribution in [0, 0.1) is 0 Å². The summed E-state index contributed by atoms with van der Waals surface area (Å²) >= 11 is 1.16. The molecule has 15 heavy (non-hydrogen) atoms. The summed E-state index contributed by atoms with van der Waals surface area (Å²) in [5.74, 6) is 0.597. The molecule has 1 heterocycles. The number of aromatic nitrogens is 2. The summed E-state index contributed by atoms with van der Waals surface area (Å²) in [6.45, 7) is 2.70. The van der Waals surface area contributed by atoms with E-state index in [9.17, 15) is 0 Å². The Morgan fingerprint density at radius 1 is 1.20 bits per heavy atom. The number of benzene rings is 1. The molecule has 4 heteroatoms. The van der Waals surface area contributed by atoms with Crippen LogP contribution in [0.2, 0.25) is 0 Å². The van der Waals surface area contributed by atoms with Gasteiger partial charge in [-0.3, -0.25) is 0 Å². The van der Waals surface area contributed by atoms with Crippen molar-refractivity contribution in [2.45, 2.75) is 20.0 Å². The van der Waals surface area contributed by atoms with Gasteiger partial charge in [0.1, 0.15) is 12.8 Å². The summed E-state index contributed by atoms with van der Waals surface area (Å²) in [4.78, 5) is 0. The van der Waals surface area contributed by atoms with Crippen LogP contribution < -0.4 is 4.74 Å². The first-order chi connectivity index (χ1) is 7.38. The first-order valence-corrected chi connectivity index (χ1v) is 5.59. The lowest BCUT2D eigenvalue weighted by atomic mass is 10.1. The smallest absolute Gasteiger partial charge is 0.246 e. The van der Waals surface area contributed by atoms with E-state index in [1.54, 1.807) is 6.20 Å². The van der Waals surface area contributed by atoms with Crippen molar-refractivity contribution in [3.63, 3.8) is 0 Å². The lowest BCUT2D eigenvalue weighted by molar-refractivity contribution is 0.296. The van der Waals surface area contributed by atoms with Crippen LogP contribution in [0.4, 0.5) is 0 Å². The van der Waals surface area contributed by atoms with Gasteiger partial charge >= 0.3 is 0 Å². The predicted molar refractivity (Wildman–Crippen MR) is 60.1 cm³/mol. The highest BCUT2D eigenvalue weighted by atomic mass is 32.1. The van der Waals surface area contributed by atoms with Gasteiger partial charge in [-0.05, 0) is 17.5 Å². The van der Waals surface area contributed by atoms with Crippen molar-refractivity contribution in [3.05, 3.63) is 41.6 Å². The van der Waals surface area contributed by atoms with E-state index in [1.807, 2.05) is 0 Å². The zero-order valence-electron chi connectivity index (χ0n) is 8.51. The fraction of sp³-hybridized carbons (Fsp3) is 0.273. The number of hydrogen-bond acceptors (Lipinski definition) is 4. The monoisotopic (exact) mass is 220 g/mol. The van der Waals surface area contributed by atoms with E-state index in [-0.39, 0.29) is 0 Å². The van der Waals surface area contributed by atoms with E-state index in [1.165, 1.54) is 5.56 Å². The molecule has 0 aliphatic heterocycles. The van der Waals surface area contributed by atoms with Crippen molar-refractivity contribution in [2.75, 3.05) is 0 Å². The quantitative estimate of drug-likeness (QED) is 0.794. The highest BCUT2D eigenvalue weighted by Crippen LogP contribution is 2.10. The fourth-order valence-corrected chi connectivity index (χ4v) is 1.61. The molecule has 3 nitrogen and oxygen atoms in total. The Bertz CT molecular complexity index is 397. The summed E-state index contributed by atoms with van der Waals surface area (Å²) in [5, 5.41) is 0. The van der Waals surface area contributed by atoms with Crippen LogP contribution in [-0.2, 0) is 13.0 Å². The predicted octanol–water partition coefficient (Wildman–Crippen LogP) is 2.68. The van der Waals surface area contributed by atoms with Gasteiger partial charge in [0.2, 0.25) is 5.88 Å². The minimum atomic E-state index is 0.551. The van der Waals surface area contributed by atoms with E-state index in [0.29, 0.717) is 12.5 Å². The molecule has 0 amide bonds. The molecule has 0 spiro atoms. The standard InChI is InChI=1S/C11H12N2OS/c1-2-9-3-5-10(6-4-9)8-14-11-7-12-15-13-11/h3-7H,2,8H2,1H3. The molecule has 0 saturated heterocycles. The van der Waals surface area contributed by atoms with Crippen molar-refractivity contribution in [1.29, 1.82) is 0 Å². The van der Waals surface area contributed by atoms with Crippen molar-refractivity contribution < 1.29 is 4.74 Å². The molecule has 0 fully saturated rings. The van der Waals surface area contributed by atoms with E-state index < -0.39 is 0 Å². The van der Waals surface area contributed by atoms with E-state index in [2.05, 4.69) is 39.9 Å². The van der Waals surface area contributed by atoms with Gasteiger partial charge in [0, 0.05) is 0 Å². The molecule has 0 aliphatic rings. The van der Waals surface area contributed by atoms with Crippen LogP contribution in [0.5, 0.6) is 5.88 Å². The summed E-state index contributed by atoms with van der Waals surface area (Å²) in [5.41, 5.74) is 2.49. The number of rotatable bonds is 4. The Balaban J connectivity index is 1.93. The maximum Gasteiger partial charge on any atom is 0.246 e. The van der Waals surface area contributed by atoms with E-state index in [4.69, 9.17) is 4.74 Å². The Morgan fingerprint density at radius 3 is 2.53 bits per heavy atom. The Morgan fingerprint density at radius 2 is 1.93 bits per heavy atom. The van der Waals surface area contributed by atoms with Crippen LogP contribution in [0.1, 0.15) is 18.1 Å². The second-order valence-electron chi connectivity index (χ2n) is 3.20. The summed E-state index contributed by atoms with van der Waals surface area (Å²) in [6.07, 6.45) is 2.70. The first kappa shape index (κ1) is 10.1. The maximum absolute atomic E-state index is 5.44. The average Bonchev–Trinajstić information content (AvgIpc) is 2.80. The lowest BCUT2D eigenvalue weighted by Crippen LogP contribution is -1.95. The zero-order chi connectivity index (χ0) is 10.5. The van der Waals surface area contributed by atoms with Gasteiger partial charge < -0.3 is 4.74 Å². The Kier molecular flexibility index (Phi) is 3.29. The summed E-state index contributed by atoms with van der Waals surface area (Å²) in [6, 6.07) is 8.41. The minimum Gasteiger partial charge on any atom is -0.471 e. The van der Waals surface area contributed by atoms with Gasteiger partial charge in [-0.2, -0.15) is 4.37 Å². The first-order valence-electron chi connectivity index (χ1n) is 4.86. The van der Waals surface area contributed by atoms with Gasteiger partial charge in [-0.15, -0.1) is 4.37 Å². The maximum atomic E-state index is 5.44. The molecule has 0 unspecified atom stereocenters. The summed E-state index contributed by atoms with van der Waals surface area (Å²) in [7, 11) is 0. The second kappa shape index (κ2) is 4.89. The molecule has 1 aromatic carbocycles. The van der Waals surface area contributed by atoms with Crippen molar-refractivity contribution in [1.82, 2.24) is 8.75 Å². The summed E-state index contributed by atoms with van der Waals surface area (Å²) < 4.78 is 13.3. The number of aryl methyl sites for hydroxylation is 1. The van der Waals surface area contributed by atoms with Crippen LogP contribution in [0.15, 0.2) is 30.5 Å². The third-order valence-corrected chi connectivity index (χ3v) is 2.62.